The van der Waals surface area contributed by atoms with E-state index in [-0.39, 0.29) is 25.4 Å². The first-order valence-corrected chi connectivity index (χ1v) is 5.41. The fraction of sp³-hybridized carbons (Fsp3) is 0.700. The molecule has 0 heterocycles. The van der Waals surface area contributed by atoms with Crippen molar-refractivity contribution in [2.24, 2.45) is 5.73 Å². The van der Waals surface area contributed by atoms with E-state index in [1.54, 1.807) is 0 Å². The highest BCUT2D eigenvalue weighted by atomic mass is 16.4. The van der Waals surface area contributed by atoms with Crippen molar-refractivity contribution >= 4 is 17.8 Å². The van der Waals surface area contributed by atoms with Crippen molar-refractivity contribution in [3.8, 4) is 0 Å². The smallest absolute Gasteiger partial charge is 0.323 e. The van der Waals surface area contributed by atoms with Gasteiger partial charge in [-0.05, 0) is 19.3 Å². The Bertz CT molecular complexity index is 327. The van der Waals surface area contributed by atoms with Crippen LogP contribution < -0.4 is 5.73 Å². The molecule has 1 saturated carbocycles. The molecule has 1 amide bonds. The highest BCUT2D eigenvalue weighted by Crippen LogP contribution is 2.27. The molecule has 0 aromatic rings. The second-order valence-electron chi connectivity index (χ2n) is 4.13. The summed E-state index contributed by atoms with van der Waals surface area (Å²) in [6.45, 7) is -0.371. The van der Waals surface area contributed by atoms with Gasteiger partial charge in [-0.25, -0.2) is 0 Å². The molecule has 0 bridgehead atoms. The molecule has 1 unspecified atom stereocenters. The van der Waals surface area contributed by atoms with Crippen molar-refractivity contribution in [2.45, 2.75) is 37.8 Å². The lowest BCUT2D eigenvalue weighted by Gasteiger charge is -2.23. The third-order valence-corrected chi connectivity index (χ3v) is 2.56. The van der Waals surface area contributed by atoms with Gasteiger partial charge in [0.25, 0.3) is 0 Å². The zero-order valence-corrected chi connectivity index (χ0v) is 9.33. The minimum atomic E-state index is -1.09. The van der Waals surface area contributed by atoms with E-state index >= 15 is 0 Å². The number of nitrogens with two attached hydrogens (primary N) is 1. The second kappa shape index (κ2) is 5.62. The van der Waals surface area contributed by atoms with Crippen LogP contribution in [0.5, 0.6) is 0 Å². The Morgan fingerprint density at radius 3 is 2.24 bits per heavy atom. The van der Waals surface area contributed by atoms with Crippen LogP contribution in [-0.2, 0) is 14.4 Å². The van der Waals surface area contributed by atoms with Gasteiger partial charge >= 0.3 is 11.9 Å². The standard InChI is InChI=1S/C10H16N2O5/c11-7(3-4-8(13)14)10(17)12(5-9(15)16)6-1-2-6/h6-7H,1-5,11H2,(H,13,14)(H,15,16). The predicted octanol–water partition coefficient (Wildman–Crippen LogP) is -0.746. The Labute approximate surface area is 98.2 Å². The van der Waals surface area contributed by atoms with Crippen molar-refractivity contribution in [2.75, 3.05) is 6.54 Å². The fourth-order valence-corrected chi connectivity index (χ4v) is 1.53. The molecule has 0 radical (unpaired) electrons. The number of amides is 1. The van der Waals surface area contributed by atoms with Crippen LogP contribution in [0.1, 0.15) is 25.7 Å². The Balaban J connectivity index is 2.51. The maximum atomic E-state index is 11.8. The first-order chi connectivity index (χ1) is 7.91. The number of carboxylic acid groups (broad SMARTS) is 2. The zero-order chi connectivity index (χ0) is 13.0. The van der Waals surface area contributed by atoms with Gasteiger partial charge in [-0.15, -0.1) is 0 Å². The minimum Gasteiger partial charge on any atom is -0.481 e. The Morgan fingerprint density at radius 2 is 1.82 bits per heavy atom. The molecule has 0 saturated heterocycles. The average Bonchev–Trinajstić information content (AvgIpc) is 3.04. The summed E-state index contributed by atoms with van der Waals surface area (Å²) in [5, 5.41) is 17.2. The van der Waals surface area contributed by atoms with Crippen molar-refractivity contribution in [1.29, 1.82) is 0 Å². The van der Waals surface area contributed by atoms with Gasteiger partial charge in [-0.1, -0.05) is 0 Å². The van der Waals surface area contributed by atoms with Crippen LogP contribution in [0.2, 0.25) is 0 Å². The van der Waals surface area contributed by atoms with Crippen LogP contribution in [0.3, 0.4) is 0 Å². The van der Waals surface area contributed by atoms with Gasteiger partial charge in [0.15, 0.2) is 0 Å². The van der Waals surface area contributed by atoms with Crippen LogP contribution in [0.15, 0.2) is 0 Å². The summed E-state index contributed by atoms with van der Waals surface area (Å²) in [5.74, 6) is -2.59. The highest BCUT2D eigenvalue weighted by Gasteiger charge is 2.35. The van der Waals surface area contributed by atoms with Crippen LogP contribution in [-0.4, -0.2) is 51.6 Å². The summed E-state index contributed by atoms with van der Waals surface area (Å²) in [6, 6.07) is -0.986. The third-order valence-electron chi connectivity index (χ3n) is 2.56. The Kier molecular flexibility index (Phi) is 4.45. The van der Waals surface area contributed by atoms with E-state index in [1.165, 1.54) is 4.90 Å². The highest BCUT2D eigenvalue weighted by molar-refractivity contribution is 5.86. The molecule has 1 fully saturated rings. The molecule has 0 spiro atoms. The monoisotopic (exact) mass is 244 g/mol. The van der Waals surface area contributed by atoms with Gasteiger partial charge in [0.1, 0.15) is 6.54 Å². The van der Waals surface area contributed by atoms with Crippen LogP contribution >= 0.6 is 0 Å². The number of rotatable bonds is 7. The lowest BCUT2D eigenvalue weighted by molar-refractivity contribution is -0.146. The van der Waals surface area contributed by atoms with Crippen LogP contribution in [0, 0.1) is 0 Å². The molecular formula is C10H16N2O5. The van der Waals surface area contributed by atoms with Crippen molar-refractivity contribution in [3.63, 3.8) is 0 Å². The number of hydrogen-bond donors (Lipinski definition) is 3. The summed E-state index contributed by atoms with van der Waals surface area (Å²) in [6.07, 6.45) is 1.39. The van der Waals surface area contributed by atoms with E-state index < -0.39 is 23.9 Å². The van der Waals surface area contributed by atoms with Gasteiger partial charge in [-0.3, -0.25) is 14.4 Å². The molecule has 7 heteroatoms. The Morgan fingerprint density at radius 1 is 1.24 bits per heavy atom. The fourth-order valence-electron chi connectivity index (χ4n) is 1.53. The van der Waals surface area contributed by atoms with E-state index in [4.69, 9.17) is 15.9 Å². The maximum absolute atomic E-state index is 11.8. The molecule has 0 aromatic heterocycles. The number of carbonyl (C=O) groups is 3. The van der Waals surface area contributed by atoms with E-state index in [0.717, 1.165) is 12.8 Å². The summed E-state index contributed by atoms with van der Waals surface area (Å²) >= 11 is 0. The quantitative estimate of drug-likeness (QED) is 0.542. The molecule has 96 valence electrons. The second-order valence-corrected chi connectivity index (χ2v) is 4.13. The molecular weight excluding hydrogens is 228 g/mol. The Hall–Kier alpha value is -1.63. The molecule has 1 rings (SSSR count). The summed E-state index contributed by atoms with van der Waals surface area (Å²) in [7, 11) is 0. The normalized spacial score (nSPS) is 16.3. The predicted molar refractivity (Wildman–Crippen MR) is 57.2 cm³/mol. The number of carbonyl (C=O) groups excluding carboxylic acids is 1. The molecule has 4 N–H and O–H groups in total. The summed E-state index contributed by atoms with van der Waals surface area (Å²) in [4.78, 5) is 34.0. The summed E-state index contributed by atoms with van der Waals surface area (Å²) < 4.78 is 0. The first kappa shape index (κ1) is 13.4. The van der Waals surface area contributed by atoms with E-state index in [2.05, 4.69) is 0 Å². The van der Waals surface area contributed by atoms with E-state index in [1.807, 2.05) is 0 Å². The van der Waals surface area contributed by atoms with Gasteiger partial charge in [0.05, 0.1) is 6.04 Å². The molecule has 0 aromatic carbocycles. The van der Waals surface area contributed by atoms with Gasteiger partial charge in [0, 0.05) is 12.5 Å². The molecule has 1 aliphatic carbocycles. The SMILES string of the molecule is NC(CCC(=O)O)C(=O)N(CC(=O)O)C1CC1. The number of nitrogens with zero attached hydrogens (tertiary/aromatic N) is 1. The van der Waals surface area contributed by atoms with Crippen molar-refractivity contribution < 1.29 is 24.6 Å². The third kappa shape index (κ3) is 4.39. The molecule has 1 atom stereocenters. The minimum absolute atomic E-state index is 0.0248. The molecule has 7 nitrogen and oxygen atoms in total. The zero-order valence-electron chi connectivity index (χ0n) is 9.33. The number of aliphatic carboxylic acids is 2. The number of hydrogen-bond acceptors (Lipinski definition) is 4. The van der Waals surface area contributed by atoms with Crippen molar-refractivity contribution in [3.05, 3.63) is 0 Å². The maximum Gasteiger partial charge on any atom is 0.323 e. The molecule has 1 aliphatic rings. The van der Waals surface area contributed by atoms with E-state index in [9.17, 15) is 14.4 Å². The lowest BCUT2D eigenvalue weighted by atomic mass is 10.1. The van der Waals surface area contributed by atoms with Gasteiger partial charge < -0.3 is 20.8 Å². The van der Waals surface area contributed by atoms with E-state index in [0.29, 0.717) is 0 Å². The average molecular weight is 244 g/mol. The van der Waals surface area contributed by atoms with Crippen molar-refractivity contribution in [1.82, 2.24) is 4.90 Å². The topological polar surface area (TPSA) is 121 Å². The first-order valence-electron chi connectivity index (χ1n) is 5.41. The largest absolute Gasteiger partial charge is 0.481 e. The van der Waals surface area contributed by atoms with Crippen LogP contribution in [0.25, 0.3) is 0 Å². The molecule has 17 heavy (non-hydrogen) atoms. The van der Waals surface area contributed by atoms with Gasteiger partial charge in [0.2, 0.25) is 5.91 Å². The van der Waals surface area contributed by atoms with Crippen LogP contribution in [0.4, 0.5) is 0 Å². The number of carboxylic acids is 2. The van der Waals surface area contributed by atoms with Gasteiger partial charge in [-0.2, -0.15) is 0 Å². The summed E-state index contributed by atoms with van der Waals surface area (Å²) in [5.41, 5.74) is 5.56. The lowest BCUT2D eigenvalue weighted by Crippen LogP contribution is -2.47. The molecule has 0 aliphatic heterocycles.